The van der Waals surface area contributed by atoms with Crippen LogP contribution in [0.5, 0.6) is 0 Å². The first kappa shape index (κ1) is 36.4. The zero-order chi connectivity index (χ0) is 42.2. The molecule has 0 fully saturated rings. The molecule has 0 saturated carbocycles. The third-order valence-electron chi connectivity index (χ3n) is 13.9. The average molecular weight is 812 g/mol. The highest BCUT2D eigenvalue weighted by Crippen LogP contribution is 2.63. The maximum absolute atomic E-state index is 2.48. The molecular weight excluding hydrogens is 771 g/mol. The van der Waals surface area contributed by atoms with Gasteiger partial charge in [0.2, 0.25) is 0 Å². The summed E-state index contributed by atoms with van der Waals surface area (Å²) < 4.78 is 0. The Labute approximate surface area is 373 Å². The highest BCUT2D eigenvalue weighted by Gasteiger charge is 2.51. The molecule has 0 bridgehead atoms. The van der Waals surface area contributed by atoms with Crippen molar-refractivity contribution in [3.05, 3.63) is 282 Å². The summed E-state index contributed by atoms with van der Waals surface area (Å²) in [5.41, 5.74) is 18.0. The second-order valence-electron chi connectivity index (χ2n) is 17.2. The fourth-order valence-corrected chi connectivity index (χ4v) is 11.1. The highest BCUT2D eigenvalue weighted by atomic mass is 15.2. The van der Waals surface area contributed by atoms with Crippen LogP contribution in [0.3, 0.4) is 0 Å². The van der Waals surface area contributed by atoms with Gasteiger partial charge >= 0.3 is 0 Å². The van der Waals surface area contributed by atoms with Gasteiger partial charge in [-0.25, -0.2) is 0 Å². The van der Waals surface area contributed by atoms with Crippen molar-refractivity contribution in [2.24, 2.45) is 0 Å². The van der Waals surface area contributed by atoms with E-state index in [2.05, 4.69) is 254 Å². The van der Waals surface area contributed by atoms with E-state index in [1.807, 2.05) is 0 Å². The average Bonchev–Trinajstić information content (AvgIpc) is 3.66. The van der Waals surface area contributed by atoms with E-state index < -0.39 is 5.41 Å². The summed E-state index contributed by atoms with van der Waals surface area (Å²) in [6, 6.07) is 89.8. The number of benzene rings is 11. The van der Waals surface area contributed by atoms with Gasteiger partial charge in [0.1, 0.15) is 0 Å². The molecule has 298 valence electrons. The maximum atomic E-state index is 2.48. The third-order valence-corrected chi connectivity index (χ3v) is 13.9. The second kappa shape index (κ2) is 14.4. The molecule has 11 aromatic rings. The largest absolute Gasteiger partial charge is 0.310 e. The number of anilines is 3. The first-order valence-corrected chi connectivity index (χ1v) is 22.3. The highest BCUT2D eigenvalue weighted by molar-refractivity contribution is 6.25. The maximum Gasteiger partial charge on any atom is 0.0754 e. The van der Waals surface area contributed by atoms with E-state index in [-0.39, 0.29) is 0 Å². The van der Waals surface area contributed by atoms with Crippen LogP contribution in [0.15, 0.2) is 243 Å². The molecule has 11 aromatic carbocycles. The molecule has 0 saturated heterocycles. The number of nitrogens with zero attached hydrogens (tertiary/aromatic N) is 1. The number of para-hydroxylation sites is 3. The van der Waals surface area contributed by atoms with Crippen LogP contribution in [0.1, 0.15) is 38.9 Å². The predicted octanol–water partition coefficient (Wildman–Crippen LogP) is 16.5. The van der Waals surface area contributed by atoms with Crippen molar-refractivity contribution in [1.82, 2.24) is 0 Å². The van der Waals surface area contributed by atoms with Gasteiger partial charge in [-0.1, -0.05) is 206 Å². The van der Waals surface area contributed by atoms with Gasteiger partial charge in [0.15, 0.2) is 0 Å². The SMILES string of the molecule is C(=C(\c1ccc2c(c1)-c1ccccc1C21c2ccccc2N(c2ccccc2)c2ccccc21)c1ccc2c3ccccc3c3ccccc3c2c1)/c1ccc(-c2ccccc2)cc1. The fourth-order valence-electron chi connectivity index (χ4n) is 11.1. The molecule has 0 atom stereocenters. The third kappa shape index (κ3) is 5.38. The van der Waals surface area contributed by atoms with Crippen LogP contribution in [0.2, 0.25) is 0 Å². The smallest absolute Gasteiger partial charge is 0.0754 e. The van der Waals surface area contributed by atoms with E-state index in [1.165, 1.54) is 105 Å². The fraction of sp³-hybridized carbons (Fsp3) is 0.0159. The monoisotopic (exact) mass is 811 g/mol. The van der Waals surface area contributed by atoms with Gasteiger partial charge in [-0.2, -0.15) is 0 Å². The Bertz CT molecular complexity index is 3570. The summed E-state index contributed by atoms with van der Waals surface area (Å²) in [4.78, 5) is 2.45. The van der Waals surface area contributed by atoms with Crippen LogP contribution in [0.25, 0.3) is 66.2 Å². The van der Waals surface area contributed by atoms with E-state index in [0.29, 0.717) is 0 Å². The van der Waals surface area contributed by atoms with Crippen LogP contribution in [0, 0.1) is 0 Å². The summed E-state index contributed by atoms with van der Waals surface area (Å²) >= 11 is 0. The molecule has 1 aliphatic carbocycles. The Morgan fingerprint density at radius 1 is 0.328 bits per heavy atom. The van der Waals surface area contributed by atoms with E-state index in [1.54, 1.807) is 0 Å². The Hall–Kier alpha value is -8.26. The van der Waals surface area contributed by atoms with E-state index in [0.717, 1.165) is 11.3 Å². The van der Waals surface area contributed by atoms with Gasteiger partial charge in [-0.05, 0) is 142 Å². The van der Waals surface area contributed by atoms with Crippen molar-refractivity contribution in [2.75, 3.05) is 4.90 Å². The van der Waals surface area contributed by atoms with E-state index >= 15 is 0 Å². The molecule has 1 heteroatoms. The van der Waals surface area contributed by atoms with Crippen LogP contribution in [-0.2, 0) is 5.41 Å². The molecule has 1 spiro atoms. The second-order valence-corrected chi connectivity index (χ2v) is 17.2. The molecule has 1 nitrogen and oxygen atoms in total. The van der Waals surface area contributed by atoms with Crippen LogP contribution < -0.4 is 4.90 Å². The summed E-state index contributed by atoms with van der Waals surface area (Å²) in [6.45, 7) is 0. The van der Waals surface area contributed by atoms with Gasteiger partial charge in [0.05, 0.1) is 16.8 Å². The molecule has 0 unspecified atom stereocenters. The Kier molecular flexibility index (Phi) is 8.20. The Morgan fingerprint density at radius 3 is 1.45 bits per heavy atom. The molecule has 0 aromatic heterocycles. The minimum atomic E-state index is -0.511. The molecule has 1 heterocycles. The summed E-state index contributed by atoms with van der Waals surface area (Å²) in [6.07, 6.45) is 2.39. The van der Waals surface area contributed by atoms with Crippen molar-refractivity contribution in [1.29, 1.82) is 0 Å². The Balaban J connectivity index is 1.05. The zero-order valence-electron chi connectivity index (χ0n) is 35.1. The van der Waals surface area contributed by atoms with Crippen LogP contribution in [0.4, 0.5) is 17.1 Å². The van der Waals surface area contributed by atoms with Crippen molar-refractivity contribution in [3.8, 4) is 22.3 Å². The van der Waals surface area contributed by atoms with Gasteiger partial charge < -0.3 is 4.90 Å². The number of hydrogen-bond donors (Lipinski definition) is 0. The summed E-state index contributed by atoms with van der Waals surface area (Å²) in [5.74, 6) is 0. The van der Waals surface area contributed by atoms with E-state index in [9.17, 15) is 0 Å². The number of hydrogen-bond acceptors (Lipinski definition) is 1. The van der Waals surface area contributed by atoms with E-state index in [4.69, 9.17) is 0 Å². The van der Waals surface area contributed by atoms with Crippen molar-refractivity contribution in [3.63, 3.8) is 0 Å². The van der Waals surface area contributed by atoms with Gasteiger partial charge in [0, 0.05) is 5.69 Å². The predicted molar refractivity (Wildman–Crippen MR) is 270 cm³/mol. The number of fused-ring (bicyclic) bond motifs is 15. The van der Waals surface area contributed by atoms with Gasteiger partial charge in [-0.3, -0.25) is 0 Å². The normalized spacial score (nSPS) is 13.5. The van der Waals surface area contributed by atoms with Crippen molar-refractivity contribution in [2.45, 2.75) is 5.41 Å². The van der Waals surface area contributed by atoms with Crippen LogP contribution in [-0.4, -0.2) is 0 Å². The van der Waals surface area contributed by atoms with Crippen molar-refractivity contribution >= 4 is 61.0 Å². The van der Waals surface area contributed by atoms with Gasteiger partial charge in [0.25, 0.3) is 0 Å². The minimum absolute atomic E-state index is 0.511. The summed E-state index contributed by atoms with van der Waals surface area (Å²) in [7, 11) is 0. The lowest BCUT2D eigenvalue weighted by molar-refractivity contribution is 0.752. The molecular formula is C63H41N. The van der Waals surface area contributed by atoms with Crippen molar-refractivity contribution < 1.29 is 0 Å². The lowest BCUT2D eigenvalue weighted by Crippen LogP contribution is -2.36. The molecule has 2 aliphatic rings. The molecule has 0 amide bonds. The molecule has 64 heavy (non-hydrogen) atoms. The number of rotatable bonds is 5. The first-order valence-electron chi connectivity index (χ1n) is 22.3. The quantitative estimate of drug-likeness (QED) is 0.124. The lowest BCUT2D eigenvalue weighted by Gasteiger charge is -2.45. The molecule has 0 radical (unpaired) electrons. The topological polar surface area (TPSA) is 3.24 Å². The first-order chi connectivity index (χ1) is 31.8. The molecule has 1 aliphatic heterocycles. The van der Waals surface area contributed by atoms with Gasteiger partial charge in [-0.15, -0.1) is 0 Å². The Morgan fingerprint density at radius 2 is 0.797 bits per heavy atom. The molecule has 13 rings (SSSR count). The molecule has 0 N–H and O–H groups in total. The lowest BCUT2D eigenvalue weighted by atomic mass is 9.64. The standard InChI is InChI=1S/C63H41N/c1-3-17-43(18-4-1)44-33-31-42(32-34-44)39-54(45-35-37-52-50-23-8-7-21-48(50)49-22-9-10-24-51(49)55(52)40-45)46-36-38-58-56(41-46)53-25-11-12-26-57(53)63(58)59-27-13-15-29-61(59)64(47-19-5-2-6-20-47)62-30-16-14-28-60(62)63/h1-41H/b54-39+. The van der Waals surface area contributed by atoms with Crippen LogP contribution >= 0.6 is 0 Å². The summed E-state index contributed by atoms with van der Waals surface area (Å²) in [5, 5.41) is 7.66. The minimum Gasteiger partial charge on any atom is -0.310 e. The zero-order valence-corrected chi connectivity index (χ0v) is 35.1.